The number of nitrogens with one attached hydrogen (secondary N) is 1. The molecule has 1 aliphatic heterocycles. The van der Waals surface area contributed by atoms with Gasteiger partial charge in [-0.2, -0.15) is 0 Å². The minimum Gasteiger partial charge on any atom is -0.494 e. The van der Waals surface area contributed by atoms with Crippen molar-refractivity contribution >= 4 is 34.9 Å². The highest BCUT2D eigenvalue weighted by atomic mass is 32.2. The van der Waals surface area contributed by atoms with Gasteiger partial charge in [-0.3, -0.25) is 19.3 Å². The maximum absolute atomic E-state index is 13.8. The zero-order valence-electron chi connectivity index (χ0n) is 17.1. The van der Waals surface area contributed by atoms with Crippen LogP contribution in [0.1, 0.15) is 24.0 Å². The number of benzene rings is 2. The van der Waals surface area contributed by atoms with E-state index >= 15 is 0 Å². The summed E-state index contributed by atoms with van der Waals surface area (Å²) in [5.74, 6) is -0.373. The maximum atomic E-state index is 13.8. The Labute approximate surface area is 184 Å². The number of hydrogen-bond donors (Lipinski definition) is 1. The van der Waals surface area contributed by atoms with Crippen molar-refractivity contribution in [2.75, 3.05) is 19.7 Å². The van der Waals surface area contributed by atoms with Crippen molar-refractivity contribution in [3.8, 4) is 5.75 Å². The van der Waals surface area contributed by atoms with Crippen LogP contribution in [-0.2, 0) is 9.59 Å². The lowest BCUT2D eigenvalue weighted by molar-refractivity contribution is -0.124. The Bertz CT molecular complexity index is 991. The highest BCUT2D eigenvalue weighted by Crippen LogP contribution is 2.32. The summed E-state index contributed by atoms with van der Waals surface area (Å²) in [4.78, 5) is 37.7. The molecule has 0 spiro atoms. The molecule has 0 aromatic heterocycles. The minimum atomic E-state index is -0.487. The van der Waals surface area contributed by atoms with E-state index in [4.69, 9.17) is 4.74 Å². The van der Waals surface area contributed by atoms with Crippen molar-refractivity contribution in [1.29, 1.82) is 0 Å². The van der Waals surface area contributed by atoms with Crippen LogP contribution in [0.5, 0.6) is 5.75 Å². The van der Waals surface area contributed by atoms with Crippen LogP contribution in [0.2, 0.25) is 0 Å². The molecule has 1 fully saturated rings. The van der Waals surface area contributed by atoms with E-state index in [1.54, 1.807) is 12.1 Å². The summed E-state index contributed by atoms with van der Waals surface area (Å²) >= 11 is 0.762. The van der Waals surface area contributed by atoms with E-state index in [0.717, 1.165) is 28.0 Å². The van der Waals surface area contributed by atoms with E-state index in [0.29, 0.717) is 13.0 Å². The van der Waals surface area contributed by atoms with Crippen LogP contribution in [0.3, 0.4) is 0 Å². The minimum absolute atomic E-state index is 0.0604. The van der Waals surface area contributed by atoms with Crippen molar-refractivity contribution in [2.24, 2.45) is 0 Å². The standard InChI is InChI=1S/C23H23FN2O4S/c1-16-8-10-18(11-9-16)30-14-4-7-21(27)25-12-13-26-22(28)20(31-23(26)29)15-17-5-2-3-6-19(17)24/h2-3,5-6,8-11,15H,4,7,12-14H2,1H3,(H,25,27)/b20-15-. The van der Waals surface area contributed by atoms with Crippen molar-refractivity contribution in [1.82, 2.24) is 10.2 Å². The van der Waals surface area contributed by atoms with Crippen LogP contribution in [-0.4, -0.2) is 41.6 Å². The topological polar surface area (TPSA) is 75.7 Å². The normalized spacial score (nSPS) is 14.9. The predicted octanol–water partition coefficient (Wildman–Crippen LogP) is 4.15. The van der Waals surface area contributed by atoms with Crippen molar-refractivity contribution in [3.63, 3.8) is 0 Å². The van der Waals surface area contributed by atoms with Gasteiger partial charge < -0.3 is 10.1 Å². The Hall–Kier alpha value is -3.13. The lowest BCUT2D eigenvalue weighted by atomic mass is 10.2. The van der Waals surface area contributed by atoms with E-state index in [-0.39, 0.29) is 35.9 Å². The predicted molar refractivity (Wildman–Crippen MR) is 118 cm³/mol. The average Bonchev–Trinajstić information content (AvgIpc) is 3.01. The molecule has 0 bridgehead atoms. The van der Waals surface area contributed by atoms with Gasteiger partial charge in [0.25, 0.3) is 11.1 Å². The van der Waals surface area contributed by atoms with Gasteiger partial charge in [-0.15, -0.1) is 0 Å². The number of carbonyl (C=O) groups excluding carboxylic acids is 3. The zero-order chi connectivity index (χ0) is 22.2. The van der Waals surface area contributed by atoms with E-state index in [9.17, 15) is 18.8 Å². The molecule has 162 valence electrons. The number of carbonyl (C=O) groups is 3. The molecule has 31 heavy (non-hydrogen) atoms. The third kappa shape index (κ3) is 6.42. The molecular formula is C23H23FN2O4S. The number of hydrogen-bond acceptors (Lipinski definition) is 5. The number of halogens is 1. The van der Waals surface area contributed by atoms with Crippen LogP contribution in [0.4, 0.5) is 9.18 Å². The quantitative estimate of drug-likeness (QED) is 0.467. The first-order chi connectivity index (χ1) is 14.9. The molecule has 8 heteroatoms. The fourth-order valence-electron chi connectivity index (χ4n) is 2.88. The van der Waals surface area contributed by atoms with Crippen molar-refractivity contribution in [3.05, 3.63) is 70.4 Å². The third-order valence-electron chi connectivity index (χ3n) is 4.56. The Balaban J connectivity index is 1.39. The van der Waals surface area contributed by atoms with Gasteiger partial charge in [0.05, 0.1) is 11.5 Å². The number of ether oxygens (including phenoxy) is 1. The van der Waals surface area contributed by atoms with Gasteiger partial charge in [0.1, 0.15) is 11.6 Å². The summed E-state index contributed by atoms with van der Waals surface area (Å²) in [5.41, 5.74) is 1.39. The summed E-state index contributed by atoms with van der Waals surface area (Å²) < 4.78 is 19.4. The fraction of sp³-hybridized carbons (Fsp3) is 0.261. The molecule has 6 nitrogen and oxygen atoms in total. The fourth-order valence-corrected chi connectivity index (χ4v) is 3.73. The van der Waals surface area contributed by atoms with Crippen molar-refractivity contribution < 1.29 is 23.5 Å². The van der Waals surface area contributed by atoms with Gasteiger partial charge in [0.15, 0.2) is 0 Å². The van der Waals surface area contributed by atoms with Crippen LogP contribution < -0.4 is 10.1 Å². The summed E-state index contributed by atoms with van der Waals surface area (Å²) in [7, 11) is 0. The van der Waals surface area contributed by atoms with E-state index in [1.807, 2.05) is 31.2 Å². The molecular weight excluding hydrogens is 419 g/mol. The van der Waals surface area contributed by atoms with E-state index in [2.05, 4.69) is 5.32 Å². The van der Waals surface area contributed by atoms with Gasteiger partial charge in [0, 0.05) is 25.1 Å². The molecule has 0 aliphatic carbocycles. The molecule has 2 aromatic carbocycles. The van der Waals surface area contributed by atoms with Crippen LogP contribution in [0.25, 0.3) is 6.08 Å². The Kier molecular flexibility index (Phi) is 7.83. The summed E-state index contributed by atoms with van der Waals surface area (Å²) in [6.45, 7) is 2.63. The SMILES string of the molecule is Cc1ccc(OCCCC(=O)NCCN2C(=O)S/C(=C\c3ccccc3F)C2=O)cc1. The number of rotatable bonds is 9. The summed E-state index contributed by atoms with van der Waals surface area (Å²) in [5, 5.41) is 2.26. The molecule has 1 saturated heterocycles. The molecule has 0 radical (unpaired) electrons. The molecule has 0 saturated carbocycles. The van der Waals surface area contributed by atoms with E-state index in [1.165, 1.54) is 18.2 Å². The maximum Gasteiger partial charge on any atom is 0.293 e. The molecule has 1 heterocycles. The molecule has 0 unspecified atom stereocenters. The Morgan fingerprint density at radius 1 is 1.16 bits per heavy atom. The van der Waals surface area contributed by atoms with Gasteiger partial charge in [-0.05, 0) is 49.4 Å². The van der Waals surface area contributed by atoms with Crippen LogP contribution in [0.15, 0.2) is 53.4 Å². The number of thioether (sulfide) groups is 1. The first-order valence-electron chi connectivity index (χ1n) is 9.90. The van der Waals surface area contributed by atoms with Crippen LogP contribution >= 0.6 is 11.8 Å². The zero-order valence-corrected chi connectivity index (χ0v) is 17.9. The summed E-state index contributed by atoms with van der Waals surface area (Å²) in [6.07, 6.45) is 2.19. The molecule has 0 atom stereocenters. The van der Waals surface area contributed by atoms with Gasteiger partial charge in [0.2, 0.25) is 5.91 Å². The smallest absolute Gasteiger partial charge is 0.293 e. The van der Waals surface area contributed by atoms with Crippen LogP contribution in [0, 0.1) is 12.7 Å². The lowest BCUT2D eigenvalue weighted by Gasteiger charge is -2.13. The first-order valence-corrected chi connectivity index (χ1v) is 10.7. The highest BCUT2D eigenvalue weighted by molar-refractivity contribution is 8.18. The molecule has 3 rings (SSSR count). The highest BCUT2D eigenvalue weighted by Gasteiger charge is 2.34. The second-order valence-corrected chi connectivity index (χ2v) is 7.96. The largest absolute Gasteiger partial charge is 0.494 e. The van der Waals surface area contributed by atoms with E-state index < -0.39 is 17.0 Å². The van der Waals surface area contributed by atoms with Gasteiger partial charge in [-0.1, -0.05) is 35.9 Å². The third-order valence-corrected chi connectivity index (χ3v) is 5.47. The Morgan fingerprint density at radius 3 is 2.65 bits per heavy atom. The first kappa shape index (κ1) is 22.6. The second kappa shape index (κ2) is 10.8. The monoisotopic (exact) mass is 442 g/mol. The molecule has 3 amide bonds. The van der Waals surface area contributed by atoms with Crippen molar-refractivity contribution in [2.45, 2.75) is 19.8 Å². The second-order valence-electron chi connectivity index (χ2n) is 6.97. The van der Waals surface area contributed by atoms with Gasteiger partial charge in [-0.25, -0.2) is 4.39 Å². The number of nitrogens with zero attached hydrogens (tertiary/aromatic N) is 1. The van der Waals surface area contributed by atoms with Gasteiger partial charge >= 0.3 is 0 Å². The average molecular weight is 443 g/mol. The lowest BCUT2D eigenvalue weighted by Crippen LogP contribution is -2.37. The molecule has 1 aliphatic rings. The summed E-state index contributed by atoms with van der Waals surface area (Å²) in [6, 6.07) is 13.7. The number of aryl methyl sites for hydroxylation is 1. The number of amides is 3. The number of imide groups is 1. The molecule has 1 N–H and O–H groups in total. The molecule has 2 aromatic rings. The Morgan fingerprint density at radius 2 is 1.90 bits per heavy atom.